The van der Waals surface area contributed by atoms with Crippen molar-refractivity contribution in [2.45, 2.75) is 20.3 Å². The lowest BCUT2D eigenvalue weighted by Gasteiger charge is -2.04. The molecule has 1 aromatic carbocycles. The molecule has 0 unspecified atom stereocenters. The van der Waals surface area contributed by atoms with Crippen LogP contribution in [0.3, 0.4) is 0 Å². The van der Waals surface area contributed by atoms with E-state index in [0.717, 1.165) is 32.5 Å². The lowest BCUT2D eigenvalue weighted by molar-refractivity contribution is 0.0954. The van der Waals surface area contributed by atoms with Crippen LogP contribution in [-0.4, -0.2) is 22.0 Å². The van der Waals surface area contributed by atoms with Gasteiger partial charge in [0, 0.05) is 29.9 Å². The van der Waals surface area contributed by atoms with Gasteiger partial charge in [-0.15, -0.1) is 0 Å². The second kappa shape index (κ2) is 6.80. The molecule has 0 spiro atoms. The predicted molar refractivity (Wildman–Crippen MR) is 103 cm³/mol. The fourth-order valence-corrected chi connectivity index (χ4v) is 4.10. The average Bonchev–Trinajstić information content (AvgIpc) is 3.34. The second-order valence-corrected chi connectivity index (χ2v) is 7.22. The zero-order valence-corrected chi connectivity index (χ0v) is 15.5. The van der Waals surface area contributed by atoms with Gasteiger partial charge in [-0.05, 0) is 56.3 Å². The van der Waals surface area contributed by atoms with Gasteiger partial charge in [-0.3, -0.25) is 9.36 Å². The largest absolute Gasteiger partial charge is 0.469 e. The summed E-state index contributed by atoms with van der Waals surface area (Å²) < 4.78 is 8.41. The minimum absolute atomic E-state index is 0.0817. The number of thiazole rings is 1. The number of nitrogens with one attached hydrogen (secondary N) is 1. The molecule has 26 heavy (non-hydrogen) atoms. The van der Waals surface area contributed by atoms with Crippen LogP contribution >= 0.6 is 11.3 Å². The van der Waals surface area contributed by atoms with Gasteiger partial charge in [0.05, 0.1) is 16.5 Å². The van der Waals surface area contributed by atoms with Crippen LogP contribution in [0, 0.1) is 13.8 Å². The molecule has 0 fully saturated rings. The van der Waals surface area contributed by atoms with E-state index >= 15 is 0 Å². The zero-order chi connectivity index (χ0) is 18.1. The van der Waals surface area contributed by atoms with Crippen LogP contribution < -0.4 is 5.32 Å². The maximum atomic E-state index is 12.4. The van der Waals surface area contributed by atoms with Crippen LogP contribution in [0.25, 0.3) is 15.3 Å². The van der Waals surface area contributed by atoms with E-state index in [9.17, 15) is 4.79 Å². The quantitative estimate of drug-likeness (QED) is 0.574. The van der Waals surface area contributed by atoms with Crippen molar-refractivity contribution in [1.29, 1.82) is 0 Å². The number of nitrogens with zero attached hydrogens (tertiary/aromatic N) is 2. The number of hydrogen-bond acceptors (Lipinski definition) is 4. The van der Waals surface area contributed by atoms with Gasteiger partial charge in [-0.2, -0.15) is 0 Å². The lowest BCUT2D eigenvalue weighted by atomic mass is 10.2. The first kappa shape index (κ1) is 16.6. The summed E-state index contributed by atoms with van der Waals surface area (Å²) >= 11 is 1.59. The first-order chi connectivity index (χ1) is 12.6. The summed E-state index contributed by atoms with van der Waals surface area (Å²) in [7, 11) is 0. The Balaban J connectivity index is 1.53. The van der Waals surface area contributed by atoms with E-state index in [4.69, 9.17) is 9.40 Å². The molecule has 4 aromatic rings. The fourth-order valence-electron chi connectivity index (χ4n) is 2.98. The molecule has 3 heterocycles. The van der Waals surface area contributed by atoms with Gasteiger partial charge < -0.3 is 9.73 Å². The van der Waals surface area contributed by atoms with Crippen LogP contribution in [0.2, 0.25) is 0 Å². The summed E-state index contributed by atoms with van der Waals surface area (Å²) in [6.07, 6.45) is 2.32. The van der Waals surface area contributed by atoms with Crippen LogP contribution in [0.5, 0.6) is 0 Å². The van der Waals surface area contributed by atoms with Crippen molar-refractivity contribution >= 4 is 27.5 Å². The first-order valence-corrected chi connectivity index (χ1v) is 9.30. The summed E-state index contributed by atoms with van der Waals surface area (Å²) in [5.41, 5.74) is 3.85. The third kappa shape index (κ3) is 3.15. The Labute approximate surface area is 155 Å². The predicted octanol–water partition coefficient (Wildman–Crippen LogP) is 4.27. The monoisotopic (exact) mass is 365 g/mol. The van der Waals surface area contributed by atoms with Gasteiger partial charge in [0.1, 0.15) is 5.76 Å². The van der Waals surface area contributed by atoms with E-state index in [2.05, 4.69) is 35.9 Å². The Hall–Kier alpha value is -2.86. The topological polar surface area (TPSA) is 60.1 Å². The van der Waals surface area contributed by atoms with Crippen molar-refractivity contribution in [3.8, 4) is 5.13 Å². The molecule has 1 amide bonds. The first-order valence-electron chi connectivity index (χ1n) is 8.48. The summed E-state index contributed by atoms with van der Waals surface area (Å²) in [5, 5.41) is 3.86. The van der Waals surface area contributed by atoms with E-state index in [-0.39, 0.29) is 5.91 Å². The highest BCUT2D eigenvalue weighted by molar-refractivity contribution is 7.20. The Morgan fingerprint density at radius 1 is 1.19 bits per heavy atom. The van der Waals surface area contributed by atoms with Crippen molar-refractivity contribution < 1.29 is 9.21 Å². The Morgan fingerprint density at radius 2 is 2.00 bits per heavy atom. The van der Waals surface area contributed by atoms with Gasteiger partial charge in [-0.1, -0.05) is 11.3 Å². The van der Waals surface area contributed by atoms with Gasteiger partial charge in [0.25, 0.3) is 5.91 Å². The van der Waals surface area contributed by atoms with Gasteiger partial charge in [0.15, 0.2) is 5.13 Å². The molecule has 0 atom stereocenters. The van der Waals surface area contributed by atoms with Crippen LogP contribution in [0.1, 0.15) is 27.5 Å². The summed E-state index contributed by atoms with van der Waals surface area (Å²) in [5.74, 6) is 0.784. The molecule has 0 aliphatic rings. The SMILES string of the molecule is Cc1ccc(C)n1-c1nc2ccc(C(=O)NCCc3ccco3)cc2s1. The van der Waals surface area contributed by atoms with Gasteiger partial charge >= 0.3 is 0 Å². The maximum absolute atomic E-state index is 12.4. The molecule has 4 rings (SSSR count). The smallest absolute Gasteiger partial charge is 0.251 e. The highest BCUT2D eigenvalue weighted by atomic mass is 32.1. The highest BCUT2D eigenvalue weighted by Crippen LogP contribution is 2.28. The number of fused-ring (bicyclic) bond motifs is 1. The van der Waals surface area contributed by atoms with Crippen molar-refractivity contribution in [3.05, 3.63) is 71.4 Å². The number of hydrogen-bond donors (Lipinski definition) is 1. The van der Waals surface area contributed by atoms with E-state index in [1.165, 1.54) is 0 Å². The number of amides is 1. The molecule has 6 heteroatoms. The summed E-state index contributed by atoms with van der Waals surface area (Å²) in [6, 6.07) is 13.6. The van der Waals surface area contributed by atoms with Crippen LogP contribution in [0.15, 0.2) is 53.1 Å². The number of carbonyl (C=O) groups is 1. The van der Waals surface area contributed by atoms with Crippen molar-refractivity contribution in [2.75, 3.05) is 6.54 Å². The molecule has 0 bridgehead atoms. The molecule has 0 saturated heterocycles. The molecule has 1 N–H and O–H groups in total. The van der Waals surface area contributed by atoms with E-state index in [1.54, 1.807) is 17.6 Å². The molecule has 0 aliphatic heterocycles. The fraction of sp³-hybridized carbons (Fsp3) is 0.200. The summed E-state index contributed by atoms with van der Waals surface area (Å²) in [6.45, 7) is 4.67. The molecule has 132 valence electrons. The van der Waals surface area contributed by atoms with Crippen molar-refractivity contribution in [2.24, 2.45) is 0 Å². The number of benzene rings is 1. The third-order valence-corrected chi connectivity index (χ3v) is 5.34. The third-order valence-electron chi connectivity index (χ3n) is 4.34. The molecule has 0 aliphatic carbocycles. The second-order valence-electron chi connectivity index (χ2n) is 6.22. The molecule has 0 radical (unpaired) electrons. The molecule has 0 saturated carbocycles. The number of carbonyl (C=O) groups excluding carboxylic acids is 1. The van der Waals surface area contributed by atoms with E-state index in [0.29, 0.717) is 18.5 Å². The zero-order valence-electron chi connectivity index (χ0n) is 14.7. The van der Waals surface area contributed by atoms with Crippen molar-refractivity contribution in [1.82, 2.24) is 14.9 Å². The number of furan rings is 1. The Morgan fingerprint density at radius 3 is 2.73 bits per heavy atom. The number of rotatable bonds is 5. The lowest BCUT2D eigenvalue weighted by Crippen LogP contribution is -2.25. The van der Waals surface area contributed by atoms with E-state index in [1.807, 2.05) is 30.3 Å². The normalized spacial score (nSPS) is 11.2. The average molecular weight is 365 g/mol. The number of aromatic nitrogens is 2. The highest BCUT2D eigenvalue weighted by Gasteiger charge is 2.12. The molecule has 5 nitrogen and oxygen atoms in total. The summed E-state index contributed by atoms with van der Waals surface area (Å²) in [4.78, 5) is 17.1. The van der Waals surface area contributed by atoms with Crippen LogP contribution in [-0.2, 0) is 6.42 Å². The van der Waals surface area contributed by atoms with Gasteiger partial charge in [0.2, 0.25) is 0 Å². The molecular formula is C20H19N3O2S. The van der Waals surface area contributed by atoms with Crippen molar-refractivity contribution in [3.63, 3.8) is 0 Å². The Kier molecular flexibility index (Phi) is 4.34. The molecular weight excluding hydrogens is 346 g/mol. The Bertz CT molecular complexity index is 1040. The minimum Gasteiger partial charge on any atom is -0.469 e. The maximum Gasteiger partial charge on any atom is 0.251 e. The molecule has 3 aromatic heterocycles. The van der Waals surface area contributed by atoms with Crippen LogP contribution in [0.4, 0.5) is 0 Å². The van der Waals surface area contributed by atoms with Gasteiger partial charge in [-0.25, -0.2) is 4.98 Å². The minimum atomic E-state index is -0.0817. The number of aryl methyl sites for hydroxylation is 2. The standard InChI is InChI=1S/C20H19N3O2S/c1-13-5-6-14(2)23(13)20-22-17-8-7-15(12-18(17)26-20)19(24)21-10-9-16-4-3-11-25-16/h3-8,11-12H,9-10H2,1-2H3,(H,21,24). The van der Waals surface area contributed by atoms with E-state index < -0.39 is 0 Å².